The predicted octanol–water partition coefficient (Wildman–Crippen LogP) is 3.41. The number of ether oxygens (including phenoxy) is 2. The van der Waals surface area contributed by atoms with Crippen LogP contribution in [0.3, 0.4) is 0 Å². The molecule has 3 amide bonds. The summed E-state index contributed by atoms with van der Waals surface area (Å²) in [6, 6.07) is 8.56. The van der Waals surface area contributed by atoms with Crippen LogP contribution in [0.15, 0.2) is 42.1 Å². The molecule has 2 N–H and O–H groups in total. The van der Waals surface area contributed by atoms with Crippen LogP contribution in [0.4, 0.5) is 10.5 Å². The molecule has 0 atom stereocenters. The minimum absolute atomic E-state index is 0.0118. The van der Waals surface area contributed by atoms with Crippen LogP contribution in [-0.4, -0.2) is 23.5 Å². The molecule has 0 aromatic heterocycles. The number of carbonyl (C=O) groups excluding carboxylic acids is 2. The van der Waals surface area contributed by atoms with Gasteiger partial charge in [0.2, 0.25) is 0 Å². The second-order valence-electron chi connectivity index (χ2n) is 5.94. The molecule has 1 saturated heterocycles. The molecule has 3 rings (SSSR count). The zero-order valence-corrected chi connectivity index (χ0v) is 16.0. The van der Waals surface area contributed by atoms with Gasteiger partial charge in [0.05, 0.1) is 16.6 Å². The number of non-ortho nitro benzene ring substituents is 1. The number of urea groups is 1. The average molecular weight is 418 g/mol. The summed E-state index contributed by atoms with van der Waals surface area (Å²) in [5, 5.41) is 15.5. The van der Waals surface area contributed by atoms with E-state index in [-0.39, 0.29) is 23.0 Å². The summed E-state index contributed by atoms with van der Waals surface area (Å²) in [5.74, 6) is 0.120. The van der Waals surface area contributed by atoms with Gasteiger partial charge in [-0.1, -0.05) is 11.6 Å². The maximum absolute atomic E-state index is 11.7. The molecule has 9 nitrogen and oxygen atoms in total. The SMILES string of the molecule is CCOc1cc(C=C2NC(=O)NC2=O)cc(Cl)c1OCc1ccc([N+](=O)[O-])cc1. The van der Waals surface area contributed by atoms with Gasteiger partial charge in [-0.15, -0.1) is 0 Å². The van der Waals surface area contributed by atoms with Gasteiger partial charge in [-0.2, -0.15) is 0 Å². The standard InChI is InChI=1S/C19H16ClN3O6/c1-2-28-16-9-12(8-15-18(24)22-19(25)21-15)7-14(20)17(16)29-10-11-3-5-13(6-4-11)23(26)27/h3-9H,2,10H2,1H3,(H2,21,22,24,25). The van der Waals surface area contributed by atoms with Crippen molar-refractivity contribution in [3.8, 4) is 11.5 Å². The van der Waals surface area contributed by atoms with Crippen LogP contribution < -0.4 is 20.1 Å². The fourth-order valence-corrected chi connectivity index (χ4v) is 2.87. The summed E-state index contributed by atoms with van der Waals surface area (Å²) in [4.78, 5) is 33.2. The van der Waals surface area contributed by atoms with Crippen molar-refractivity contribution in [2.24, 2.45) is 0 Å². The second-order valence-corrected chi connectivity index (χ2v) is 6.35. The summed E-state index contributed by atoms with van der Waals surface area (Å²) >= 11 is 6.34. The Kier molecular flexibility index (Phi) is 5.99. The van der Waals surface area contributed by atoms with Crippen molar-refractivity contribution in [3.05, 3.63) is 68.4 Å². The first-order chi connectivity index (χ1) is 13.9. The highest BCUT2D eigenvalue weighted by Gasteiger charge is 2.23. The van der Waals surface area contributed by atoms with E-state index in [1.165, 1.54) is 18.2 Å². The van der Waals surface area contributed by atoms with E-state index in [0.717, 1.165) is 0 Å². The van der Waals surface area contributed by atoms with Crippen molar-refractivity contribution >= 4 is 35.3 Å². The zero-order valence-electron chi connectivity index (χ0n) is 15.2. The van der Waals surface area contributed by atoms with E-state index in [2.05, 4.69) is 10.6 Å². The molecule has 0 bridgehead atoms. The van der Waals surface area contributed by atoms with Crippen molar-refractivity contribution in [3.63, 3.8) is 0 Å². The molecule has 29 heavy (non-hydrogen) atoms. The Balaban J connectivity index is 1.82. The molecule has 0 aliphatic carbocycles. The largest absolute Gasteiger partial charge is 0.490 e. The van der Waals surface area contributed by atoms with Gasteiger partial charge in [0.1, 0.15) is 12.3 Å². The van der Waals surface area contributed by atoms with Gasteiger partial charge in [-0.25, -0.2) is 4.79 Å². The molecule has 1 fully saturated rings. The molecule has 150 valence electrons. The number of hydrogen-bond acceptors (Lipinski definition) is 6. The number of nitro benzene ring substituents is 1. The summed E-state index contributed by atoms with van der Waals surface area (Å²) < 4.78 is 11.4. The fourth-order valence-electron chi connectivity index (χ4n) is 2.59. The van der Waals surface area contributed by atoms with Gasteiger partial charge >= 0.3 is 6.03 Å². The van der Waals surface area contributed by atoms with Gasteiger partial charge in [-0.05, 0) is 48.4 Å². The normalized spacial score (nSPS) is 14.5. The van der Waals surface area contributed by atoms with Crippen molar-refractivity contribution in [1.82, 2.24) is 10.6 Å². The Morgan fingerprint density at radius 3 is 2.45 bits per heavy atom. The van der Waals surface area contributed by atoms with Crippen LogP contribution in [-0.2, 0) is 11.4 Å². The third-order valence-electron chi connectivity index (χ3n) is 3.89. The minimum Gasteiger partial charge on any atom is -0.490 e. The van der Waals surface area contributed by atoms with Crippen LogP contribution in [0.5, 0.6) is 11.5 Å². The van der Waals surface area contributed by atoms with Gasteiger partial charge in [0.25, 0.3) is 11.6 Å². The summed E-state index contributed by atoms with van der Waals surface area (Å²) in [7, 11) is 0. The molecule has 1 aliphatic heterocycles. The molecular formula is C19H16ClN3O6. The highest BCUT2D eigenvalue weighted by molar-refractivity contribution is 6.32. The van der Waals surface area contributed by atoms with Crippen molar-refractivity contribution in [2.75, 3.05) is 6.61 Å². The minimum atomic E-state index is -0.597. The summed E-state index contributed by atoms with van der Waals surface area (Å²) in [6.07, 6.45) is 1.47. The summed E-state index contributed by atoms with van der Waals surface area (Å²) in [5.41, 5.74) is 1.33. The predicted molar refractivity (Wildman–Crippen MR) is 105 cm³/mol. The number of nitrogens with zero attached hydrogens (tertiary/aromatic N) is 1. The van der Waals surface area contributed by atoms with Crippen molar-refractivity contribution < 1.29 is 24.0 Å². The second kappa shape index (κ2) is 8.61. The van der Waals surface area contributed by atoms with Crippen molar-refractivity contribution in [2.45, 2.75) is 13.5 Å². The number of rotatable bonds is 7. The molecule has 2 aromatic carbocycles. The van der Waals surface area contributed by atoms with Gasteiger partial charge in [-0.3, -0.25) is 20.2 Å². The molecule has 1 heterocycles. The lowest BCUT2D eigenvalue weighted by Gasteiger charge is -2.14. The lowest BCUT2D eigenvalue weighted by atomic mass is 10.1. The first kappa shape index (κ1) is 20.2. The fraction of sp³-hybridized carbons (Fsp3) is 0.158. The van der Waals surface area contributed by atoms with Crippen LogP contribution >= 0.6 is 11.6 Å². The maximum atomic E-state index is 11.7. The molecule has 0 unspecified atom stereocenters. The van der Waals surface area contributed by atoms with E-state index in [1.807, 2.05) is 0 Å². The molecule has 2 aromatic rings. The number of carbonyl (C=O) groups is 2. The molecule has 10 heteroatoms. The highest BCUT2D eigenvalue weighted by Crippen LogP contribution is 2.38. The van der Waals surface area contributed by atoms with Gasteiger partial charge in [0.15, 0.2) is 11.5 Å². The van der Waals surface area contributed by atoms with E-state index in [9.17, 15) is 19.7 Å². The summed E-state index contributed by atoms with van der Waals surface area (Å²) in [6.45, 7) is 2.27. The van der Waals surface area contributed by atoms with Crippen LogP contribution in [0.2, 0.25) is 5.02 Å². The van der Waals surface area contributed by atoms with Crippen LogP contribution in [0.1, 0.15) is 18.1 Å². The lowest BCUT2D eigenvalue weighted by Crippen LogP contribution is -2.22. The molecule has 1 aliphatic rings. The van der Waals surface area contributed by atoms with E-state index in [0.29, 0.717) is 29.2 Å². The van der Waals surface area contributed by atoms with E-state index in [1.54, 1.807) is 31.2 Å². The van der Waals surface area contributed by atoms with Crippen LogP contribution in [0, 0.1) is 10.1 Å². The van der Waals surface area contributed by atoms with Crippen LogP contribution in [0.25, 0.3) is 6.08 Å². The third-order valence-corrected chi connectivity index (χ3v) is 4.17. The first-order valence-electron chi connectivity index (χ1n) is 8.54. The zero-order chi connectivity index (χ0) is 21.0. The number of nitro groups is 1. The Hall–Kier alpha value is -3.59. The Labute approximate surface area is 170 Å². The number of imide groups is 1. The maximum Gasteiger partial charge on any atom is 0.326 e. The van der Waals surface area contributed by atoms with E-state index in [4.69, 9.17) is 21.1 Å². The number of halogens is 1. The Bertz CT molecular complexity index is 1000. The number of amides is 3. The lowest BCUT2D eigenvalue weighted by molar-refractivity contribution is -0.384. The third kappa shape index (κ3) is 4.82. The van der Waals surface area contributed by atoms with E-state index >= 15 is 0 Å². The molecule has 0 spiro atoms. The van der Waals surface area contributed by atoms with Gasteiger partial charge < -0.3 is 14.8 Å². The Morgan fingerprint density at radius 1 is 1.14 bits per heavy atom. The molecule has 0 radical (unpaired) electrons. The number of hydrogen-bond donors (Lipinski definition) is 2. The average Bonchev–Trinajstić information content (AvgIpc) is 2.98. The highest BCUT2D eigenvalue weighted by atomic mass is 35.5. The van der Waals surface area contributed by atoms with Gasteiger partial charge in [0, 0.05) is 12.1 Å². The van der Waals surface area contributed by atoms with E-state index < -0.39 is 16.9 Å². The monoisotopic (exact) mass is 417 g/mol. The number of benzene rings is 2. The first-order valence-corrected chi connectivity index (χ1v) is 8.91. The smallest absolute Gasteiger partial charge is 0.326 e. The quantitative estimate of drug-likeness (QED) is 0.308. The number of nitrogens with one attached hydrogen (secondary N) is 2. The molecular weight excluding hydrogens is 402 g/mol. The molecule has 0 saturated carbocycles. The topological polar surface area (TPSA) is 120 Å². The van der Waals surface area contributed by atoms with Crippen molar-refractivity contribution in [1.29, 1.82) is 0 Å². The Morgan fingerprint density at radius 2 is 1.86 bits per heavy atom.